The van der Waals surface area contributed by atoms with Crippen LogP contribution in [-0.4, -0.2) is 47.0 Å². The van der Waals surface area contributed by atoms with Gasteiger partial charge in [0.05, 0.1) is 4.92 Å². The Morgan fingerprint density at radius 2 is 1.97 bits per heavy atom. The number of hydrogen-bond donors (Lipinski definition) is 1. The van der Waals surface area contributed by atoms with E-state index in [9.17, 15) is 10.1 Å². The van der Waals surface area contributed by atoms with Gasteiger partial charge in [0.25, 0.3) is 5.69 Å². The number of nitro benzene ring substituents is 1. The fourth-order valence-electron chi connectivity index (χ4n) is 3.22. The van der Waals surface area contributed by atoms with Gasteiger partial charge < -0.3 is 14.6 Å². The minimum Gasteiger partial charge on any atom is -0.453 e. The SMILES string of the molecule is CN(C)CCCNc1nc(-c2cc3ccccc3o2)nc2c([N+](=O)[O-])cccc12. The molecule has 4 aromatic rings. The number of benzene rings is 2. The lowest BCUT2D eigenvalue weighted by Crippen LogP contribution is -2.17. The van der Waals surface area contributed by atoms with Crippen molar-refractivity contribution in [3.63, 3.8) is 0 Å². The average Bonchev–Trinajstić information content (AvgIpc) is 3.14. The number of aromatic nitrogens is 2. The zero-order chi connectivity index (χ0) is 20.4. The molecule has 0 unspecified atom stereocenters. The van der Waals surface area contributed by atoms with E-state index in [4.69, 9.17) is 4.42 Å². The third kappa shape index (κ3) is 3.88. The summed E-state index contributed by atoms with van der Waals surface area (Å²) in [5, 5.41) is 16.4. The summed E-state index contributed by atoms with van der Waals surface area (Å²) in [6.07, 6.45) is 0.910. The minimum absolute atomic E-state index is 0.0568. The summed E-state index contributed by atoms with van der Waals surface area (Å²) in [5.41, 5.74) is 0.950. The number of nitro groups is 1. The Morgan fingerprint density at radius 1 is 1.14 bits per heavy atom. The van der Waals surface area contributed by atoms with Crippen molar-refractivity contribution in [3.05, 3.63) is 58.6 Å². The van der Waals surface area contributed by atoms with Crippen LogP contribution >= 0.6 is 0 Å². The van der Waals surface area contributed by atoms with Crippen molar-refractivity contribution >= 4 is 33.4 Å². The molecule has 29 heavy (non-hydrogen) atoms. The summed E-state index contributed by atoms with van der Waals surface area (Å²) in [6, 6.07) is 14.4. The summed E-state index contributed by atoms with van der Waals surface area (Å²) in [6.45, 7) is 1.61. The summed E-state index contributed by atoms with van der Waals surface area (Å²) >= 11 is 0. The number of rotatable bonds is 7. The molecule has 2 aromatic heterocycles. The Labute approximate surface area is 167 Å². The van der Waals surface area contributed by atoms with Gasteiger partial charge in [0, 0.05) is 23.4 Å². The first kappa shape index (κ1) is 18.8. The van der Waals surface area contributed by atoms with Crippen LogP contribution in [0.15, 0.2) is 52.9 Å². The van der Waals surface area contributed by atoms with Crippen molar-refractivity contribution < 1.29 is 9.34 Å². The fraction of sp³-hybridized carbons (Fsp3) is 0.238. The van der Waals surface area contributed by atoms with E-state index < -0.39 is 4.92 Å². The number of hydrogen-bond acceptors (Lipinski definition) is 7. The summed E-state index contributed by atoms with van der Waals surface area (Å²) in [5.74, 6) is 1.36. The van der Waals surface area contributed by atoms with E-state index in [0.29, 0.717) is 34.9 Å². The zero-order valence-corrected chi connectivity index (χ0v) is 16.3. The molecule has 0 aliphatic heterocycles. The zero-order valence-electron chi connectivity index (χ0n) is 16.3. The second-order valence-corrected chi connectivity index (χ2v) is 7.06. The van der Waals surface area contributed by atoms with Gasteiger partial charge in [-0.3, -0.25) is 10.1 Å². The second-order valence-electron chi connectivity index (χ2n) is 7.06. The smallest absolute Gasteiger partial charge is 0.295 e. The van der Waals surface area contributed by atoms with Crippen LogP contribution in [0.3, 0.4) is 0 Å². The van der Waals surface area contributed by atoms with Crippen molar-refractivity contribution in [1.29, 1.82) is 0 Å². The topological polar surface area (TPSA) is 97.3 Å². The van der Waals surface area contributed by atoms with Crippen molar-refractivity contribution in [2.45, 2.75) is 6.42 Å². The van der Waals surface area contributed by atoms with E-state index in [0.717, 1.165) is 18.4 Å². The fourth-order valence-corrected chi connectivity index (χ4v) is 3.22. The molecule has 8 heteroatoms. The maximum Gasteiger partial charge on any atom is 0.295 e. The molecule has 0 aliphatic rings. The molecule has 148 valence electrons. The molecule has 2 heterocycles. The Hall–Kier alpha value is -3.52. The molecule has 0 atom stereocenters. The number of non-ortho nitro benzene ring substituents is 1. The molecule has 0 radical (unpaired) electrons. The van der Waals surface area contributed by atoms with Gasteiger partial charge in [0.2, 0.25) is 0 Å². The van der Waals surface area contributed by atoms with Gasteiger partial charge in [0.15, 0.2) is 17.1 Å². The summed E-state index contributed by atoms with van der Waals surface area (Å²) in [4.78, 5) is 22.3. The number of nitrogens with one attached hydrogen (secondary N) is 1. The first-order valence-corrected chi connectivity index (χ1v) is 9.35. The number of furan rings is 1. The Morgan fingerprint density at radius 3 is 2.72 bits per heavy atom. The highest BCUT2D eigenvalue weighted by Gasteiger charge is 2.19. The molecule has 0 spiro atoms. The molecule has 0 amide bonds. The van der Waals surface area contributed by atoms with Gasteiger partial charge in [-0.2, -0.15) is 0 Å². The van der Waals surface area contributed by atoms with E-state index in [1.54, 1.807) is 12.1 Å². The number of para-hydroxylation sites is 2. The third-order valence-electron chi connectivity index (χ3n) is 4.62. The van der Waals surface area contributed by atoms with Crippen molar-refractivity contribution in [2.75, 3.05) is 32.5 Å². The Kier molecular flexibility index (Phi) is 5.09. The maximum absolute atomic E-state index is 11.5. The molecule has 8 nitrogen and oxygen atoms in total. The predicted octanol–water partition coefficient (Wildman–Crippen LogP) is 4.31. The second kappa shape index (κ2) is 7.84. The lowest BCUT2D eigenvalue weighted by molar-refractivity contribution is -0.383. The number of anilines is 1. The Bertz CT molecular complexity index is 1150. The quantitative estimate of drug-likeness (QED) is 0.285. The van der Waals surface area contributed by atoms with Gasteiger partial charge in [-0.15, -0.1) is 0 Å². The Balaban J connectivity index is 1.81. The third-order valence-corrected chi connectivity index (χ3v) is 4.62. The highest BCUT2D eigenvalue weighted by atomic mass is 16.6. The van der Waals surface area contributed by atoms with Crippen LogP contribution in [0.1, 0.15) is 6.42 Å². The molecule has 0 fully saturated rings. The molecule has 4 rings (SSSR count). The van der Waals surface area contributed by atoms with E-state index in [-0.39, 0.29) is 11.2 Å². The summed E-state index contributed by atoms with van der Waals surface area (Å²) < 4.78 is 5.89. The molecule has 0 saturated heterocycles. The average molecular weight is 391 g/mol. The lowest BCUT2D eigenvalue weighted by Gasteiger charge is -2.12. The van der Waals surface area contributed by atoms with E-state index in [1.807, 2.05) is 44.4 Å². The standard InChI is InChI=1S/C21H21N5O3/c1-25(2)12-6-11-22-20-15-8-5-9-16(26(27)28)19(15)23-21(24-20)18-13-14-7-3-4-10-17(14)29-18/h3-5,7-10,13H,6,11-12H2,1-2H3,(H,22,23,24). The van der Waals surface area contributed by atoms with Crippen LogP contribution in [0.2, 0.25) is 0 Å². The first-order chi connectivity index (χ1) is 14.0. The van der Waals surface area contributed by atoms with Crippen LogP contribution < -0.4 is 5.32 Å². The first-order valence-electron chi connectivity index (χ1n) is 9.35. The largest absolute Gasteiger partial charge is 0.453 e. The molecule has 2 aromatic carbocycles. The lowest BCUT2D eigenvalue weighted by atomic mass is 10.2. The van der Waals surface area contributed by atoms with E-state index >= 15 is 0 Å². The molecule has 0 aliphatic carbocycles. The van der Waals surface area contributed by atoms with Gasteiger partial charge >= 0.3 is 0 Å². The van der Waals surface area contributed by atoms with Crippen molar-refractivity contribution in [2.24, 2.45) is 0 Å². The van der Waals surface area contributed by atoms with Crippen LogP contribution in [0.4, 0.5) is 11.5 Å². The van der Waals surface area contributed by atoms with Crippen LogP contribution in [0.25, 0.3) is 33.5 Å². The van der Waals surface area contributed by atoms with Gasteiger partial charge in [-0.05, 0) is 45.3 Å². The van der Waals surface area contributed by atoms with Gasteiger partial charge in [-0.25, -0.2) is 9.97 Å². The number of nitrogens with zero attached hydrogens (tertiary/aromatic N) is 4. The molecular weight excluding hydrogens is 370 g/mol. The molecule has 1 N–H and O–H groups in total. The van der Waals surface area contributed by atoms with Gasteiger partial charge in [-0.1, -0.05) is 24.3 Å². The molecule has 0 saturated carbocycles. The van der Waals surface area contributed by atoms with Crippen LogP contribution in [-0.2, 0) is 0 Å². The van der Waals surface area contributed by atoms with Gasteiger partial charge in [0.1, 0.15) is 11.4 Å². The summed E-state index contributed by atoms with van der Waals surface area (Å²) in [7, 11) is 4.03. The minimum atomic E-state index is -0.423. The van der Waals surface area contributed by atoms with Crippen molar-refractivity contribution in [3.8, 4) is 11.6 Å². The maximum atomic E-state index is 11.5. The van der Waals surface area contributed by atoms with E-state index in [2.05, 4.69) is 20.2 Å². The predicted molar refractivity (Wildman–Crippen MR) is 113 cm³/mol. The van der Waals surface area contributed by atoms with Crippen LogP contribution in [0, 0.1) is 10.1 Å². The van der Waals surface area contributed by atoms with Crippen LogP contribution in [0.5, 0.6) is 0 Å². The van der Waals surface area contributed by atoms with E-state index in [1.165, 1.54) is 6.07 Å². The highest BCUT2D eigenvalue weighted by molar-refractivity contribution is 5.96. The number of fused-ring (bicyclic) bond motifs is 2. The van der Waals surface area contributed by atoms with Crippen molar-refractivity contribution in [1.82, 2.24) is 14.9 Å². The normalized spacial score (nSPS) is 11.4. The monoisotopic (exact) mass is 391 g/mol. The molecule has 0 bridgehead atoms. The highest BCUT2D eigenvalue weighted by Crippen LogP contribution is 2.32. The molecular formula is C21H21N5O3.